The van der Waals surface area contributed by atoms with Crippen molar-refractivity contribution in [2.75, 3.05) is 0 Å². The molecule has 0 aromatic rings. The van der Waals surface area contributed by atoms with Gasteiger partial charge in [-0.2, -0.15) is 0 Å². The van der Waals surface area contributed by atoms with Gasteiger partial charge in [-0.15, -0.1) is 8.86 Å². The van der Waals surface area contributed by atoms with Gasteiger partial charge in [0.25, 0.3) is 5.91 Å². The molecule has 0 unspecified atom stereocenters. The van der Waals surface area contributed by atoms with Crippen LogP contribution in [0.1, 0.15) is 20.8 Å². The second-order valence-electron chi connectivity index (χ2n) is 3.10. The molecule has 0 aliphatic heterocycles. The first kappa shape index (κ1) is 9.60. The van der Waals surface area contributed by atoms with Gasteiger partial charge in [0, 0.05) is 5.29 Å². The quantitative estimate of drug-likeness (QED) is 0.251. The van der Waals surface area contributed by atoms with Crippen molar-refractivity contribution in [1.29, 1.82) is 0 Å². The molecular weight excluding hydrogens is 147 g/mol. The van der Waals surface area contributed by atoms with E-state index in [2.05, 4.69) is 8.86 Å². The van der Waals surface area contributed by atoms with Crippen molar-refractivity contribution in [1.82, 2.24) is 5.43 Å². The van der Waals surface area contributed by atoms with E-state index in [1.807, 2.05) is 26.2 Å². The van der Waals surface area contributed by atoms with E-state index in [0.717, 1.165) is 0 Å². The lowest BCUT2D eigenvalue weighted by molar-refractivity contribution is -0.115. The highest BCUT2D eigenvalue weighted by molar-refractivity contribution is 7.25. The highest BCUT2D eigenvalue weighted by Crippen LogP contribution is 2.16. The van der Waals surface area contributed by atoms with E-state index < -0.39 is 0 Å². The number of carbonyl (C=O) groups excluding carboxylic acids is 1. The summed E-state index contributed by atoms with van der Waals surface area (Å²) in [5.74, 6) is 4.64. The van der Waals surface area contributed by atoms with Gasteiger partial charge in [0.15, 0.2) is 0 Å². The third-order valence-electron chi connectivity index (χ3n) is 1.11. The van der Waals surface area contributed by atoms with Crippen LogP contribution >= 0.6 is 8.86 Å². The van der Waals surface area contributed by atoms with Gasteiger partial charge in [0.1, 0.15) is 0 Å². The van der Waals surface area contributed by atoms with Crippen molar-refractivity contribution in [3.63, 3.8) is 0 Å². The highest BCUT2D eigenvalue weighted by atomic mass is 31.0. The van der Waals surface area contributed by atoms with Crippen LogP contribution in [0, 0.1) is 5.41 Å². The molecule has 0 heterocycles. The van der Waals surface area contributed by atoms with Gasteiger partial charge in [0.05, 0.1) is 0 Å². The summed E-state index contributed by atoms with van der Waals surface area (Å²) in [6, 6.07) is 0. The van der Waals surface area contributed by atoms with Crippen molar-refractivity contribution in [2.45, 2.75) is 20.8 Å². The molecule has 0 atom stereocenters. The zero-order valence-corrected chi connectivity index (χ0v) is 7.49. The fraction of sp³-hybridized carbons (Fsp3) is 0.667. The van der Waals surface area contributed by atoms with E-state index in [0.29, 0.717) is 5.29 Å². The monoisotopic (exact) mass is 160 g/mol. The van der Waals surface area contributed by atoms with Crippen molar-refractivity contribution in [3.05, 3.63) is 0 Å². The summed E-state index contributed by atoms with van der Waals surface area (Å²) in [5.41, 5.74) is 1.87. The summed E-state index contributed by atoms with van der Waals surface area (Å²) in [6.07, 6.45) is 0. The number of nitrogens with one attached hydrogen (secondary N) is 1. The topological polar surface area (TPSA) is 55.1 Å². The van der Waals surface area contributed by atoms with Crippen molar-refractivity contribution < 1.29 is 4.79 Å². The Morgan fingerprint density at radius 3 is 2.00 bits per heavy atom. The first-order valence-corrected chi connectivity index (χ1v) is 3.49. The maximum atomic E-state index is 10.8. The second-order valence-corrected chi connectivity index (χ2v) is 3.60. The number of hydrazine groups is 1. The average molecular weight is 160 g/mol. The Morgan fingerprint density at radius 1 is 1.50 bits per heavy atom. The molecule has 0 aliphatic rings. The molecule has 0 aromatic heterocycles. The Labute approximate surface area is 63.2 Å². The molecule has 3 nitrogen and oxygen atoms in total. The van der Waals surface area contributed by atoms with Crippen LogP contribution in [0.5, 0.6) is 0 Å². The number of hydrogen-bond donors (Lipinski definition) is 2. The van der Waals surface area contributed by atoms with Crippen LogP contribution in [-0.4, -0.2) is 11.2 Å². The average Bonchev–Trinajstić information content (AvgIpc) is 1.83. The maximum Gasteiger partial charge on any atom is 0.265 e. The smallest absolute Gasteiger partial charge is 0.265 e. The van der Waals surface area contributed by atoms with E-state index in [-0.39, 0.29) is 11.3 Å². The summed E-state index contributed by atoms with van der Waals surface area (Å²) < 4.78 is 0. The Balaban J connectivity index is 4.24. The van der Waals surface area contributed by atoms with Crippen molar-refractivity contribution in [2.24, 2.45) is 11.3 Å². The van der Waals surface area contributed by atoms with Gasteiger partial charge in [-0.1, -0.05) is 20.8 Å². The molecule has 0 saturated heterocycles. The molecule has 10 heavy (non-hydrogen) atoms. The normalized spacial score (nSPS) is 10.8. The van der Waals surface area contributed by atoms with Gasteiger partial charge in [-0.25, -0.2) is 5.84 Å². The fourth-order valence-corrected chi connectivity index (χ4v) is 0.485. The van der Waals surface area contributed by atoms with Gasteiger partial charge < -0.3 is 0 Å². The summed E-state index contributed by atoms with van der Waals surface area (Å²) in [7, 11) is 3.20. The lowest BCUT2D eigenvalue weighted by atomic mass is 9.92. The van der Waals surface area contributed by atoms with Crippen molar-refractivity contribution >= 4 is 20.1 Å². The standard InChI is InChI=1S/C6H13N2OP/c1-6(2,3)4(10)5(9)8-7/h10H,7H2,1-3H3,(H,8,9). The van der Waals surface area contributed by atoms with Crippen LogP contribution in [0.4, 0.5) is 0 Å². The third kappa shape index (κ3) is 2.46. The molecular formula is C6H13N2OP. The molecule has 0 bridgehead atoms. The molecule has 58 valence electrons. The molecule has 1 amide bonds. The maximum absolute atomic E-state index is 10.8. The predicted octanol–water partition coefficient (Wildman–Crippen LogP) is 0.338. The number of amides is 1. The van der Waals surface area contributed by atoms with Crippen LogP contribution in [0.2, 0.25) is 0 Å². The van der Waals surface area contributed by atoms with Crippen LogP contribution in [0.3, 0.4) is 0 Å². The SMILES string of the molecule is CC(C)(C)C(=P)C(=O)NN. The summed E-state index contributed by atoms with van der Waals surface area (Å²) in [6.45, 7) is 5.76. The lowest BCUT2D eigenvalue weighted by Gasteiger charge is -2.18. The number of hydrogen-bond acceptors (Lipinski definition) is 2. The van der Waals surface area contributed by atoms with E-state index in [1.54, 1.807) is 0 Å². The van der Waals surface area contributed by atoms with Crippen LogP contribution in [0.25, 0.3) is 0 Å². The molecule has 3 N–H and O–H groups in total. The molecule has 0 aromatic carbocycles. The van der Waals surface area contributed by atoms with Crippen LogP contribution in [0.15, 0.2) is 0 Å². The summed E-state index contributed by atoms with van der Waals surface area (Å²) in [4.78, 5) is 10.8. The van der Waals surface area contributed by atoms with Crippen LogP contribution < -0.4 is 11.3 Å². The van der Waals surface area contributed by atoms with Gasteiger partial charge in [-0.3, -0.25) is 10.2 Å². The molecule has 0 rings (SSSR count). The second kappa shape index (κ2) is 3.13. The first-order chi connectivity index (χ1) is 4.39. The van der Waals surface area contributed by atoms with E-state index in [4.69, 9.17) is 5.84 Å². The molecule has 0 radical (unpaired) electrons. The van der Waals surface area contributed by atoms with E-state index in [1.165, 1.54) is 0 Å². The first-order valence-electron chi connectivity index (χ1n) is 2.99. The van der Waals surface area contributed by atoms with Gasteiger partial charge in [0.2, 0.25) is 0 Å². The Bertz CT molecular complexity index is 160. The van der Waals surface area contributed by atoms with Crippen molar-refractivity contribution in [3.8, 4) is 0 Å². The third-order valence-corrected chi connectivity index (χ3v) is 2.09. The molecule has 0 spiro atoms. The molecule has 0 aliphatic carbocycles. The van der Waals surface area contributed by atoms with Gasteiger partial charge in [-0.05, 0) is 5.41 Å². The van der Waals surface area contributed by atoms with Crippen LogP contribution in [-0.2, 0) is 4.79 Å². The van der Waals surface area contributed by atoms with E-state index >= 15 is 0 Å². The Kier molecular flexibility index (Phi) is 3.00. The highest BCUT2D eigenvalue weighted by Gasteiger charge is 2.21. The summed E-state index contributed by atoms with van der Waals surface area (Å²) in [5, 5.41) is 0.551. The minimum absolute atomic E-state index is 0.180. The number of nitrogens with two attached hydrogens (primary N) is 1. The van der Waals surface area contributed by atoms with Gasteiger partial charge >= 0.3 is 0 Å². The minimum atomic E-state index is -0.274. The lowest BCUT2D eigenvalue weighted by Crippen LogP contribution is -2.40. The Hall–Kier alpha value is -0.400. The minimum Gasteiger partial charge on any atom is -0.290 e. The molecule has 0 fully saturated rings. The fourth-order valence-electron chi connectivity index (χ4n) is 0.413. The van der Waals surface area contributed by atoms with E-state index in [9.17, 15) is 4.79 Å². The number of carbonyl (C=O) groups is 1. The molecule has 0 saturated carbocycles. The largest absolute Gasteiger partial charge is 0.290 e. The Morgan fingerprint density at radius 2 is 1.90 bits per heavy atom. The zero-order valence-electron chi connectivity index (χ0n) is 6.49. The number of rotatable bonds is 1. The predicted molar refractivity (Wildman–Crippen MR) is 45.1 cm³/mol. The summed E-state index contributed by atoms with van der Waals surface area (Å²) >= 11 is 0. The molecule has 4 heteroatoms. The zero-order chi connectivity index (χ0) is 8.36.